The minimum Gasteiger partial charge on any atom is -0.496 e. The minimum absolute atomic E-state index is 0.182. The number of methoxy groups -OCH3 is 1. The summed E-state index contributed by atoms with van der Waals surface area (Å²) in [7, 11) is 1.57. The van der Waals surface area contributed by atoms with Gasteiger partial charge in [0.25, 0.3) is 11.5 Å². The summed E-state index contributed by atoms with van der Waals surface area (Å²) < 4.78 is 14.1. The molecule has 0 bridgehead atoms. The third-order valence-corrected chi connectivity index (χ3v) is 8.48. The molecule has 0 aliphatic carbocycles. The van der Waals surface area contributed by atoms with Crippen molar-refractivity contribution in [1.29, 1.82) is 0 Å². The summed E-state index contributed by atoms with van der Waals surface area (Å²) in [5.41, 5.74) is 2.72. The zero-order valence-electron chi connectivity index (χ0n) is 20.8. The Morgan fingerprint density at radius 3 is 2.63 bits per heavy atom. The van der Waals surface area contributed by atoms with E-state index in [0.717, 1.165) is 22.2 Å². The first-order chi connectivity index (χ1) is 18.3. The summed E-state index contributed by atoms with van der Waals surface area (Å²) in [6, 6.07) is 10.1. The summed E-state index contributed by atoms with van der Waals surface area (Å²) in [6.07, 6.45) is 1.26. The largest absolute Gasteiger partial charge is 0.496 e. The normalized spacial score (nSPS) is 17.5. The summed E-state index contributed by atoms with van der Waals surface area (Å²) in [4.78, 5) is 45.7. The van der Waals surface area contributed by atoms with E-state index in [1.54, 1.807) is 26.2 Å². The minimum atomic E-state index is -0.796. The molecule has 8 nitrogen and oxygen atoms in total. The molecule has 38 heavy (non-hydrogen) atoms. The van der Waals surface area contributed by atoms with Crippen molar-refractivity contribution in [2.24, 2.45) is 4.99 Å². The van der Waals surface area contributed by atoms with Gasteiger partial charge in [-0.15, -0.1) is 0 Å². The van der Waals surface area contributed by atoms with Gasteiger partial charge >= 0.3 is 5.97 Å². The van der Waals surface area contributed by atoms with Crippen LogP contribution in [0.3, 0.4) is 0 Å². The molecule has 0 spiro atoms. The number of nitrogens with zero attached hydrogens (tertiary/aromatic N) is 2. The molecule has 0 saturated heterocycles. The van der Waals surface area contributed by atoms with E-state index >= 15 is 0 Å². The highest BCUT2D eigenvalue weighted by atomic mass is 79.9. The van der Waals surface area contributed by atoms with Crippen molar-refractivity contribution < 1.29 is 19.1 Å². The van der Waals surface area contributed by atoms with E-state index in [1.807, 2.05) is 31.2 Å². The van der Waals surface area contributed by atoms with Crippen molar-refractivity contribution in [1.82, 2.24) is 4.57 Å². The molecule has 3 aromatic rings. The highest BCUT2D eigenvalue weighted by molar-refractivity contribution is 9.10. The Bertz CT molecular complexity index is 1710. The van der Waals surface area contributed by atoms with Crippen LogP contribution in [-0.2, 0) is 14.3 Å². The molecule has 11 heteroatoms. The number of fused-ring (bicyclic) bond motifs is 2. The van der Waals surface area contributed by atoms with E-state index in [9.17, 15) is 14.4 Å². The predicted molar refractivity (Wildman–Crippen MR) is 152 cm³/mol. The molecule has 0 radical (unpaired) electrons. The Kier molecular flexibility index (Phi) is 7.43. The maximum atomic E-state index is 14.1. The Balaban J connectivity index is 1.85. The number of anilines is 1. The van der Waals surface area contributed by atoms with E-state index < -0.39 is 17.6 Å². The van der Waals surface area contributed by atoms with Crippen molar-refractivity contribution in [3.63, 3.8) is 0 Å². The number of halogens is 2. The SMILES string of the molecule is CCCC1=C(C(=O)OCC)[C@H](c2ccc(OC)c(Br)c2)n2c(s/c(=C3\C(=O)Nc4ccc(Br)cc43)c2=O)=N1. The van der Waals surface area contributed by atoms with Gasteiger partial charge in [0.2, 0.25) is 0 Å². The average Bonchev–Trinajstić information content (AvgIpc) is 3.38. The lowest BCUT2D eigenvalue weighted by molar-refractivity contribution is -0.139. The zero-order valence-corrected chi connectivity index (χ0v) is 24.8. The number of carbonyl (C=O) groups is 2. The molecule has 1 amide bonds. The van der Waals surface area contributed by atoms with Gasteiger partial charge in [0.05, 0.1) is 41.1 Å². The average molecular weight is 661 g/mol. The molecule has 0 fully saturated rings. The van der Waals surface area contributed by atoms with Gasteiger partial charge in [-0.2, -0.15) is 0 Å². The fraction of sp³-hybridized carbons (Fsp3) is 0.259. The van der Waals surface area contributed by atoms with Gasteiger partial charge in [0, 0.05) is 15.7 Å². The Morgan fingerprint density at radius 1 is 1.16 bits per heavy atom. The first-order valence-electron chi connectivity index (χ1n) is 12.0. The number of benzene rings is 2. The predicted octanol–water partition coefficient (Wildman–Crippen LogP) is 4.43. The Labute approximate surface area is 238 Å². The van der Waals surface area contributed by atoms with Crippen LogP contribution in [0.2, 0.25) is 0 Å². The van der Waals surface area contributed by atoms with Crippen LogP contribution in [0.4, 0.5) is 5.69 Å². The van der Waals surface area contributed by atoms with Crippen LogP contribution >= 0.6 is 43.2 Å². The first-order valence-corrected chi connectivity index (χ1v) is 14.4. The summed E-state index contributed by atoms with van der Waals surface area (Å²) >= 11 is 8.14. The molecule has 2 aliphatic heterocycles. The third-order valence-electron chi connectivity index (χ3n) is 6.31. The van der Waals surface area contributed by atoms with Gasteiger partial charge in [-0.05, 0) is 65.2 Å². The fourth-order valence-electron chi connectivity index (χ4n) is 4.70. The van der Waals surface area contributed by atoms with Gasteiger partial charge in [0.15, 0.2) is 4.80 Å². The third kappa shape index (κ3) is 4.46. The molecule has 5 rings (SSSR count). The number of allylic oxidation sites excluding steroid dienone is 1. The number of aromatic nitrogens is 1. The lowest BCUT2D eigenvalue weighted by Gasteiger charge is -2.26. The van der Waals surface area contributed by atoms with E-state index in [4.69, 9.17) is 14.5 Å². The quantitative estimate of drug-likeness (QED) is 0.395. The van der Waals surface area contributed by atoms with Crippen LogP contribution < -0.4 is 24.9 Å². The molecule has 2 aromatic carbocycles. The van der Waals surface area contributed by atoms with Gasteiger partial charge in [-0.25, -0.2) is 9.79 Å². The van der Waals surface area contributed by atoms with E-state index in [2.05, 4.69) is 37.2 Å². The fourth-order valence-corrected chi connectivity index (χ4v) is 6.74. The number of hydrogen-bond acceptors (Lipinski definition) is 7. The van der Waals surface area contributed by atoms with Gasteiger partial charge in [0.1, 0.15) is 10.3 Å². The Morgan fingerprint density at radius 2 is 1.95 bits per heavy atom. The molecule has 1 aromatic heterocycles. The maximum absolute atomic E-state index is 14.1. The molecular weight excluding hydrogens is 638 g/mol. The monoisotopic (exact) mass is 659 g/mol. The van der Waals surface area contributed by atoms with Crippen LogP contribution in [0.5, 0.6) is 5.75 Å². The smallest absolute Gasteiger partial charge is 0.338 e. The van der Waals surface area contributed by atoms with Crippen LogP contribution in [0.15, 0.2) is 66.4 Å². The standard InChI is InChI=1S/C27H23Br2N3O5S/c1-4-6-18-21(26(35)37-5-2)22(13-7-10-19(36-3)16(29)11-13)32-25(34)23(38-27(32)31-18)20-15-12-14(28)8-9-17(15)30-24(20)33/h7-12,22H,4-6H2,1-3H3,(H,30,33)/b23-20-/t22-/m0/s1. The molecule has 3 heterocycles. The van der Waals surface area contributed by atoms with Crippen LogP contribution in [0.1, 0.15) is 43.9 Å². The summed E-state index contributed by atoms with van der Waals surface area (Å²) in [5, 5.41) is 2.84. The van der Waals surface area contributed by atoms with Crippen molar-refractivity contribution in [2.45, 2.75) is 32.7 Å². The van der Waals surface area contributed by atoms with Crippen molar-refractivity contribution in [2.75, 3.05) is 19.0 Å². The van der Waals surface area contributed by atoms with Crippen LogP contribution in [0, 0.1) is 0 Å². The number of carbonyl (C=O) groups excluding carboxylic acids is 2. The topological polar surface area (TPSA) is 99.0 Å². The second-order valence-electron chi connectivity index (χ2n) is 8.65. The molecule has 0 saturated carbocycles. The number of ether oxygens (including phenoxy) is 2. The summed E-state index contributed by atoms with van der Waals surface area (Å²) in [6.45, 7) is 3.92. The van der Waals surface area contributed by atoms with E-state index in [0.29, 0.717) is 49.5 Å². The number of hydrogen-bond donors (Lipinski definition) is 1. The number of rotatable bonds is 6. The lowest BCUT2D eigenvalue weighted by atomic mass is 9.94. The van der Waals surface area contributed by atoms with Gasteiger partial charge in [-0.3, -0.25) is 14.2 Å². The van der Waals surface area contributed by atoms with E-state index in [-0.39, 0.29) is 22.6 Å². The molecule has 196 valence electrons. The maximum Gasteiger partial charge on any atom is 0.338 e. The van der Waals surface area contributed by atoms with E-state index in [1.165, 1.54) is 4.57 Å². The zero-order chi connectivity index (χ0) is 27.1. The number of nitrogens with one attached hydrogen (secondary N) is 1. The highest BCUT2D eigenvalue weighted by Crippen LogP contribution is 2.37. The number of amides is 1. The molecular formula is C27H23Br2N3O5S. The number of thiazole rings is 1. The number of esters is 1. The molecule has 2 aliphatic rings. The second-order valence-corrected chi connectivity index (χ2v) is 11.4. The van der Waals surface area contributed by atoms with Crippen molar-refractivity contribution in [3.8, 4) is 5.75 Å². The Hall–Kier alpha value is -3.02. The first kappa shape index (κ1) is 26.6. The second kappa shape index (κ2) is 10.6. The molecule has 1 N–H and O–H groups in total. The van der Waals surface area contributed by atoms with Crippen molar-refractivity contribution >= 4 is 66.3 Å². The van der Waals surface area contributed by atoms with Gasteiger partial charge in [-0.1, -0.05) is 46.7 Å². The van der Waals surface area contributed by atoms with Crippen LogP contribution in [0.25, 0.3) is 5.57 Å². The summed E-state index contributed by atoms with van der Waals surface area (Å²) in [5.74, 6) is -0.267. The molecule has 1 atom stereocenters. The highest BCUT2D eigenvalue weighted by Gasteiger charge is 2.36. The lowest BCUT2D eigenvalue weighted by Crippen LogP contribution is -2.40. The van der Waals surface area contributed by atoms with Crippen LogP contribution in [-0.4, -0.2) is 30.2 Å². The van der Waals surface area contributed by atoms with Crippen molar-refractivity contribution in [3.05, 3.63) is 87.4 Å². The van der Waals surface area contributed by atoms with Gasteiger partial charge < -0.3 is 14.8 Å². The molecule has 0 unspecified atom stereocenters.